The highest BCUT2D eigenvalue weighted by molar-refractivity contribution is 7.15. The summed E-state index contributed by atoms with van der Waals surface area (Å²) in [5.41, 5.74) is 10.6. The van der Waals surface area contributed by atoms with Gasteiger partial charge >= 0.3 is 0 Å². The fourth-order valence-corrected chi connectivity index (χ4v) is 5.00. The topological polar surface area (TPSA) is 106 Å². The van der Waals surface area contributed by atoms with Crippen molar-refractivity contribution in [3.63, 3.8) is 0 Å². The van der Waals surface area contributed by atoms with Gasteiger partial charge in [0, 0.05) is 21.3 Å². The van der Waals surface area contributed by atoms with Crippen molar-refractivity contribution >= 4 is 39.8 Å². The Hall–Kier alpha value is -4.30. The van der Waals surface area contributed by atoms with Gasteiger partial charge < -0.3 is 16.4 Å². The monoisotopic (exact) mass is 494 g/mol. The molecule has 3 heterocycles. The molecule has 5 aromatic rings. The highest BCUT2D eigenvalue weighted by Gasteiger charge is 2.16. The summed E-state index contributed by atoms with van der Waals surface area (Å²) in [5, 5.41) is 7.26. The molecule has 4 N–H and O–H groups in total. The van der Waals surface area contributed by atoms with Crippen LogP contribution in [0.25, 0.3) is 21.3 Å². The average Bonchev–Trinajstić information content (AvgIpc) is 3.37. The van der Waals surface area contributed by atoms with E-state index in [9.17, 15) is 4.79 Å². The lowest BCUT2D eigenvalue weighted by molar-refractivity contribution is 0.0940. The average molecular weight is 495 g/mol. The normalized spacial score (nSPS) is 11.8. The number of carbonyl (C=O) groups is 1. The third kappa shape index (κ3) is 5.04. The molecule has 0 fully saturated rings. The summed E-state index contributed by atoms with van der Waals surface area (Å²) in [6, 6.07) is 21.8. The number of nitrogens with one attached hydrogen (secondary N) is 2. The first-order chi connectivity index (χ1) is 17.5. The van der Waals surface area contributed by atoms with Crippen molar-refractivity contribution in [3.05, 3.63) is 101 Å². The number of hydrogen-bond donors (Lipinski definition) is 3. The molecule has 0 saturated carbocycles. The van der Waals surface area contributed by atoms with Gasteiger partial charge in [-0.3, -0.25) is 4.79 Å². The Morgan fingerprint density at radius 1 is 1.03 bits per heavy atom. The number of fused-ring (bicyclic) bond motifs is 1. The number of hydrogen-bond acceptors (Lipinski definition) is 7. The molecule has 1 unspecified atom stereocenters. The molecule has 1 amide bonds. The Kier molecular flexibility index (Phi) is 6.60. The maximum Gasteiger partial charge on any atom is 0.255 e. The third-order valence-electron chi connectivity index (χ3n) is 5.98. The molecule has 7 nitrogen and oxygen atoms in total. The smallest absolute Gasteiger partial charge is 0.255 e. The van der Waals surface area contributed by atoms with Crippen molar-refractivity contribution < 1.29 is 4.79 Å². The SMILES string of the molecule is Cc1cccc(C(C)NC(=O)c2cccnc2NCc2ccc(-c3ccc4ncnc(N)c4c3)s2)c1. The number of nitrogens with two attached hydrogens (primary N) is 1. The lowest BCUT2D eigenvalue weighted by atomic mass is 10.1. The lowest BCUT2D eigenvalue weighted by Gasteiger charge is -2.16. The first-order valence-electron chi connectivity index (χ1n) is 11.6. The minimum atomic E-state index is -0.164. The molecule has 0 spiro atoms. The summed E-state index contributed by atoms with van der Waals surface area (Å²) in [6.07, 6.45) is 3.16. The van der Waals surface area contributed by atoms with Crippen LogP contribution in [0.3, 0.4) is 0 Å². The van der Waals surface area contributed by atoms with E-state index in [1.165, 1.54) is 6.33 Å². The lowest BCUT2D eigenvalue weighted by Crippen LogP contribution is -2.27. The van der Waals surface area contributed by atoms with Gasteiger partial charge in [-0.2, -0.15) is 0 Å². The van der Waals surface area contributed by atoms with Crippen LogP contribution >= 0.6 is 11.3 Å². The quantitative estimate of drug-likeness (QED) is 0.266. The van der Waals surface area contributed by atoms with E-state index in [-0.39, 0.29) is 11.9 Å². The van der Waals surface area contributed by atoms with Gasteiger partial charge in [0.05, 0.1) is 23.7 Å². The van der Waals surface area contributed by atoms with E-state index in [0.29, 0.717) is 23.7 Å². The first-order valence-corrected chi connectivity index (χ1v) is 12.5. The highest BCUT2D eigenvalue weighted by Crippen LogP contribution is 2.31. The van der Waals surface area contributed by atoms with Crippen LogP contribution in [-0.4, -0.2) is 20.9 Å². The number of nitrogens with zero attached hydrogens (tertiary/aromatic N) is 3. The number of carbonyl (C=O) groups excluding carboxylic acids is 1. The molecule has 1 atom stereocenters. The van der Waals surface area contributed by atoms with E-state index in [1.807, 2.05) is 50.2 Å². The summed E-state index contributed by atoms with van der Waals surface area (Å²) >= 11 is 1.67. The fraction of sp³-hybridized carbons (Fsp3) is 0.143. The second-order valence-corrected chi connectivity index (χ2v) is 9.79. The van der Waals surface area contributed by atoms with Gasteiger partial charge in [-0.1, -0.05) is 35.9 Å². The Bertz CT molecular complexity index is 1550. The van der Waals surface area contributed by atoms with Crippen LogP contribution in [0.1, 0.15) is 39.3 Å². The molecule has 8 heteroatoms. The summed E-state index contributed by atoms with van der Waals surface area (Å²) in [6.45, 7) is 4.57. The fourth-order valence-electron chi connectivity index (χ4n) is 4.06. The number of aromatic nitrogens is 3. The largest absolute Gasteiger partial charge is 0.383 e. The van der Waals surface area contributed by atoms with Crippen LogP contribution in [0.2, 0.25) is 0 Å². The molecule has 0 aliphatic carbocycles. The van der Waals surface area contributed by atoms with E-state index in [0.717, 1.165) is 37.3 Å². The minimum absolute atomic E-state index is 0.119. The van der Waals surface area contributed by atoms with Gasteiger partial charge in [-0.25, -0.2) is 15.0 Å². The molecular weight excluding hydrogens is 468 g/mol. The third-order valence-corrected chi connectivity index (χ3v) is 7.12. The molecule has 0 radical (unpaired) electrons. The maximum atomic E-state index is 13.1. The first kappa shape index (κ1) is 23.4. The van der Waals surface area contributed by atoms with Crippen molar-refractivity contribution in [1.29, 1.82) is 0 Å². The van der Waals surface area contributed by atoms with E-state index in [2.05, 4.69) is 43.8 Å². The Balaban J connectivity index is 1.29. The second kappa shape index (κ2) is 10.1. The Labute approximate surface area is 213 Å². The molecule has 5 rings (SSSR count). The molecule has 0 bridgehead atoms. The van der Waals surface area contributed by atoms with E-state index >= 15 is 0 Å². The molecule has 0 saturated heterocycles. The number of nitrogen functional groups attached to an aromatic ring is 1. The van der Waals surface area contributed by atoms with Gasteiger partial charge in [0.2, 0.25) is 0 Å². The van der Waals surface area contributed by atoms with Crippen molar-refractivity contribution in [2.45, 2.75) is 26.4 Å². The van der Waals surface area contributed by atoms with E-state index < -0.39 is 0 Å². The van der Waals surface area contributed by atoms with Crippen LogP contribution in [0, 0.1) is 6.92 Å². The summed E-state index contributed by atoms with van der Waals surface area (Å²) in [5.74, 6) is 0.859. The standard InChI is InChI=1S/C28H26N6OS/c1-17-5-3-6-19(13-17)18(2)34-28(35)22-7-4-12-30-27(22)31-15-21-9-11-25(36-21)20-8-10-24-23(14-20)26(29)33-16-32-24/h3-14,16,18H,15H2,1-2H3,(H,30,31)(H,34,35)(H2,29,32,33). The molecule has 180 valence electrons. The number of amides is 1. The molecule has 3 aromatic heterocycles. The zero-order valence-electron chi connectivity index (χ0n) is 20.0. The van der Waals surface area contributed by atoms with Crippen LogP contribution in [-0.2, 0) is 6.54 Å². The van der Waals surface area contributed by atoms with Crippen LogP contribution in [0.15, 0.2) is 79.3 Å². The minimum Gasteiger partial charge on any atom is -0.383 e. The number of pyridine rings is 1. The second-order valence-electron chi connectivity index (χ2n) is 8.62. The van der Waals surface area contributed by atoms with Crippen LogP contribution in [0.4, 0.5) is 11.6 Å². The zero-order chi connectivity index (χ0) is 25.1. The van der Waals surface area contributed by atoms with Crippen molar-refractivity contribution in [2.24, 2.45) is 0 Å². The van der Waals surface area contributed by atoms with Gasteiger partial charge in [0.1, 0.15) is 18.0 Å². The van der Waals surface area contributed by atoms with Gasteiger partial charge in [0.25, 0.3) is 5.91 Å². The highest BCUT2D eigenvalue weighted by atomic mass is 32.1. The molecule has 36 heavy (non-hydrogen) atoms. The Morgan fingerprint density at radius 2 is 1.92 bits per heavy atom. The molecule has 2 aromatic carbocycles. The van der Waals surface area contributed by atoms with Crippen molar-refractivity contribution in [2.75, 3.05) is 11.1 Å². The summed E-state index contributed by atoms with van der Waals surface area (Å²) in [4.78, 5) is 28.1. The predicted molar refractivity (Wildman–Crippen MR) is 146 cm³/mol. The molecular formula is C28H26N6OS. The van der Waals surface area contributed by atoms with Crippen LogP contribution < -0.4 is 16.4 Å². The number of rotatable bonds is 7. The van der Waals surface area contributed by atoms with E-state index in [4.69, 9.17) is 5.73 Å². The number of thiophene rings is 1. The van der Waals surface area contributed by atoms with Crippen molar-refractivity contribution in [3.8, 4) is 10.4 Å². The summed E-state index contributed by atoms with van der Waals surface area (Å²) in [7, 11) is 0. The van der Waals surface area contributed by atoms with Gasteiger partial charge in [-0.15, -0.1) is 11.3 Å². The maximum absolute atomic E-state index is 13.1. The van der Waals surface area contributed by atoms with Gasteiger partial charge in [0.15, 0.2) is 0 Å². The van der Waals surface area contributed by atoms with Gasteiger partial charge in [-0.05, 0) is 61.4 Å². The number of anilines is 2. The van der Waals surface area contributed by atoms with Crippen LogP contribution in [0.5, 0.6) is 0 Å². The molecule has 0 aliphatic rings. The van der Waals surface area contributed by atoms with E-state index in [1.54, 1.807) is 29.7 Å². The zero-order valence-corrected chi connectivity index (χ0v) is 20.8. The van der Waals surface area contributed by atoms with Crippen molar-refractivity contribution in [1.82, 2.24) is 20.3 Å². The number of benzene rings is 2. The number of aryl methyl sites for hydroxylation is 1. The Morgan fingerprint density at radius 3 is 2.78 bits per heavy atom. The predicted octanol–water partition coefficient (Wildman–Crippen LogP) is 5.75. The summed E-state index contributed by atoms with van der Waals surface area (Å²) < 4.78 is 0. The molecule has 0 aliphatic heterocycles.